The van der Waals surface area contributed by atoms with E-state index in [9.17, 15) is 27.5 Å². The summed E-state index contributed by atoms with van der Waals surface area (Å²) in [6.07, 6.45) is -1.38. The Morgan fingerprint density at radius 1 is 1.14 bits per heavy atom. The van der Waals surface area contributed by atoms with E-state index in [4.69, 9.17) is 4.52 Å². The zero-order chi connectivity index (χ0) is 26.9. The summed E-state index contributed by atoms with van der Waals surface area (Å²) in [6, 6.07) is 7.18. The number of carbonyl (C=O) groups is 1. The smallest absolute Gasteiger partial charge is 0.380 e. The van der Waals surface area contributed by atoms with Crippen LogP contribution in [0.5, 0.6) is 0 Å². The second kappa shape index (κ2) is 8.76. The summed E-state index contributed by atoms with van der Waals surface area (Å²) in [5.41, 5.74) is -4.40. The summed E-state index contributed by atoms with van der Waals surface area (Å²) in [5, 5.41) is 14.0. The molecule has 11 heteroatoms. The molecular weight excluding hydrogens is 558 g/mol. The van der Waals surface area contributed by atoms with Gasteiger partial charge in [-0.05, 0) is 88.8 Å². The number of anilines is 1. The number of nitrogens with zero attached hydrogens (tertiary/aromatic N) is 3. The van der Waals surface area contributed by atoms with E-state index in [1.165, 1.54) is 13.8 Å². The Balaban J connectivity index is 1.35. The van der Waals surface area contributed by atoms with E-state index in [0.29, 0.717) is 18.1 Å². The lowest BCUT2D eigenvalue weighted by Crippen LogP contribution is -2.60. The van der Waals surface area contributed by atoms with Gasteiger partial charge in [0.25, 0.3) is 5.89 Å². The number of aliphatic hydroxyl groups is 1. The number of carbonyl (C=O) groups excluding carboxylic acids is 1. The van der Waals surface area contributed by atoms with E-state index in [2.05, 4.69) is 26.1 Å². The fourth-order valence-corrected chi connectivity index (χ4v) is 6.56. The average Bonchev–Trinajstić information content (AvgIpc) is 3.33. The quantitative estimate of drug-likeness (QED) is 0.397. The molecule has 0 unspecified atom stereocenters. The highest BCUT2D eigenvalue weighted by Crippen LogP contribution is 2.58. The predicted molar refractivity (Wildman–Crippen MR) is 130 cm³/mol. The van der Waals surface area contributed by atoms with Crippen LogP contribution in [0.1, 0.15) is 76.9 Å². The molecule has 6 nitrogen and oxygen atoms in total. The molecule has 4 aliphatic rings. The minimum Gasteiger partial charge on any atom is -0.380 e. The second-order valence-electron chi connectivity index (χ2n) is 11.7. The summed E-state index contributed by atoms with van der Waals surface area (Å²) >= 11 is 3.43. The Hall–Kier alpha value is -2.01. The molecule has 202 valence electrons. The minimum absolute atomic E-state index is 0.0370. The van der Waals surface area contributed by atoms with Gasteiger partial charge in [-0.15, -0.1) is 0 Å². The van der Waals surface area contributed by atoms with E-state index in [0.717, 1.165) is 43.0 Å². The van der Waals surface area contributed by atoms with Crippen molar-refractivity contribution in [2.75, 3.05) is 11.4 Å². The van der Waals surface area contributed by atoms with Crippen molar-refractivity contribution < 1.29 is 32.0 Å². The van der Waals surface area contributed by atoms with Gasteiger partial charge in [-0.1, -0.05) is 27.2 Å². The lowest BCUT2D eigenvalue weighted by molar-refractivity contribution is -0.295. The molecule has 0 atom stereocenters. The minimum atomic E-state index is -4.76. The molecule has 2 aromatic rings. The molecule has 1 aromatic heterocycles. The number of alkyl halides is 4. The third-order valence-electron chi connectivity index (χ3n) is 8.74. The van der Waals surface area contributed by atoms with Crippen LogP contribution in [-0.2, 0) is 15.9 Å². The lowest BCUT2D eigenvalue weighted by Gasteiger charge is -2.54. The van der Waals surface area contributed by atoms with Gasteiger partial charge in [0.2, 0.25) is 5.91 Å². The third kappa shape index (κ3) is 4.70. The summed E-state index contributed by atoms with van der Waals surface area (Å²) in [4.78, 5) is 19.5. The molecule has 1 N–H and O–H groups in total. The monoisotopic (exact) mass is 587 g/mol. The number of aromatic nitrogens is 2. The van der Waals surface area contributed by atoms with Gasteiger partial charge in [-0.2, -0.15) is 18.2 Å². The molecule has 37 heavy (non-hydrogen) atoms. The number of halogens is 5. The maximum Gasteiger partial charge on any atom is 0.417 e. The standard InChI is InChI=1S/C26H30BrF4N3O3/c1-22(2,28)21-32-20(33-37-21)24-9-6-23(7-10-24,8-11-24)15-34(18-5-3-4-17(27)12-18)19(35)16-13-25(36,14-16)26(29,30)31/h3-5,12,16,36H,6-11,13-15H2,1-2H3/t16-,23?,24?,25+. The Morgan fingerprint density at radius 2 is 1.76 bits per heavy atom. The van der Waals surface area contributed by atoms with Gasteiger partial charge in [0.05, 0.1) is 0 Å². The molecule has 0 spiro atoms. The van der Waals surface area contributed by atoms with Crippen molar-refractivity contribution in [3.05, 3.63) is 40.5 Å². The maximum absolute atomic E-state index is 14.3. The van der Waals surface area contributed by atoms with Gasteiger partial charge in [0, 0.05) is 28.0 Å². The molecule has 0 saturated heterocycles. The summed E-state index contributed by atoms with van der Waals surface area (Å²) in [5.74, 6) is -0.792. The van der Waals surface area contributed by atoms with E-state index in [-0.39, 0.29) is 16.7 Å². The molecule has 1 amide bonds. The van der Waals surface area contributed by atoms with Crippen molar-refractivity contribution in [2.24, 2.45) is 11.3 Å². The summed E-state index contributed by atoms with van der Waals surface area (Å²) in [7, 11) is 0. The van der Waals surface area contributed by atoms with Crippen LogP contribution in [0, 0.1) is 11.3 Å². The zero-order valence-electron chi connectivity index (χ0n) is 20.7. The van der Waals surface area contributed by atoms with Crippen LogP contribution in [-0.4, -0.2) is 39.5 Å². The average molecular weight is 588 g/mol. The lowest BCUT2D eigenvalue weighted by atomic mass is 9.53. The Labute approximate surface area is 220 Å². The molecule has 6 rings (SSSR count). The highest BCUT2D eigenvalue weighted by Gasteiger charge is 2.63. The molecule has 4 saturated carbocycles. The van der Waals surface area contributed by atoms with Crippen LogP contribution in [0.15, 0.2) is 33.3 Å². The first kappa shape index (κ1) is 26.6. The Bertz CT molecular complexity index is 1160. The Morgan fingerprint density at radius 3 is 2.27 bits per heavy atom. The maximum atomic E-state index is 14.3. The molecule has 1 aromatic carbocycles. The number of hydrogen-bond donors (Lipinski definition) is 1. The largest absolute Gasteiger partial charge is 0.417 e. The van der Waals surface area contributed by atoms with Crippen LogP contribution < -0.4 is 4.90 Å². The van der Waals surface area contributed by atoms with Crippen molar-refractivity contribution in [1.82, 2.24) is 10.1 Å². The fourth-order valence-electron chi connectivity index (χ4n) is 6.17. The highest BCUT2D eigenvalue weighted by molar-refractivity contribution is 9.10. The van der Waals surface area contributed by atoms with Gasteiger partial charge in [-0.25, -0.2) is 4.39 Å². The first-order valence-electron chi connectivity index (χ1n) is 12.6. The van der Waals surface area contributed by atoms with Crippen LogP contribution in [0.3, 0.4) is 0 Å². The van der Waals surface area contributed by atoms with Gasteiger partial charge in [-0.3, -0.25) is 4.79 Å². The third-order valence-corrected chi connectivity index (χ3v) is 9.23. The van der Waals surface area contributed by atoms with Crippen LogP contribution >= 0.6 is 15.9 Å². The molecule has 2 bridgehead atoms. The molecule has 4 aliphatic carbocycles. The topological polar surface area (TPSA) is 79.5 Å². The van der Waals surface area contributed by atoms with Crippen molar-refractivity contribution in [3.8, 4) is 0 Å². The number of amides is 1. The Kier molecular flexibility index (Phi) is 6.29. The van der Waals surface area contributed by atoms with Crippen LogP contribution in [0.25, 0.3) is 0 Å². The van der Waals surface area contributed by atoms with Crippen molar-refractivity contribution in [1.29, 1.82) is 0 Å². The highest BCUT2D eigenvalue weighted by atomic mass is 79.9. The van der Waals surface area contributed by atoms with E-state index >= 15 is 0 Å². The van der Waals surface area contributed by atoms with Gasteiger partial charge in [0.1, 0.15) is 0 Å². The first-order chi connectivity index (χ1) is 17.2. The number of fused-ring (bicyclic) bond motifs is 3. The summed E-state index contributed by atoms with van der Waals surface area (Å²) in [6.45, 7) is 3.13. The van der Waals surface area contributed by atoms with Gasteiger partial charge in [0.15, 0.2) is 17.1 Å². The SMILES string of the molecule is CC(C)(F)c1nc(C23CCC(CN(c4cccc(Br)c4)C(=O)[C@H]4C[C@](O)(C(F)(F)F)C4)(CC2)CC3)no1. The predicted octanol–water partition coefficient (Wildman–Crippen LogP) is 6.37. The summed E-state index contributed by atoms with van der Waals surface area (Å²) < 4.78 is 59.9. The van der Waals surface area contributed by atoms with E-state index < -0.39 is 42.1 Å². The second-order valence-corrected chi connectivity index (χ2v) is 12.6. The van der Waals surface area contributed by atoms with Crippen LogP contribution in [0.4, 0.5) is 23.2 Å². The molecular formula is C26H30BrF4N3O3. The van der Waals surface area contributed by atoms with Gasteiger partial charge >= 0.3 is 6.18 Å². The first-order valence-corrected chi connectivity index (χ1v) is 13.3. The van der Waals surface area contributed by atoms with Crippen molar-refractivity contribution >= 4 is 27.5 Å². The van der Waals surface area contributed by atoms with Crippen molar-refractivity contribution in [2.45, 2.75) is 88.1 Å². The number of hydrogen-bond acceptors (Lipinski definition) is 5. The number of rotatable bonds is 6. The van der Waals surface area contributed by atoms with E-state index in [1.54, 1.807) is 23.1 Å². The molecule has 0 aliphatic heterocycles. The van der Waals surface area contributed by atoms with Crippen molar-refractivity contribution in [3.63, 3.8) is 0 Å². The fraction of sp³-hybridized carbons (Fsp3) is 0.654. The number of benzene rings is 1. The van der Waals surface area contributed by atoms with E-state index in [1.807, 2.05) is 6.07 Å². The molecule has 4 fully saturated rings. The van der Waals surface area contributed by atoms with Gasteiger partial charge < -0.3 is 14.5 Å². The molecule has 0 radical (unpaired) electrons. The normalized spacial score (nSPS) is 31.7. The molecule has 1 heterocycles. The zero-order valence-corrected chi connectivity index (χ0v) is 22.3. The van der Waals surface area contributed by atoms with Crippen LogP contribution in [0.2, 0.25) is 0 Å².